The predicted octanol–water partition coefficient (Wildman–Crippen LogP) is 4.10. The summed E-state index contributed by atoms with van der Waals surface area (Å²) in [4.78, 5) is 26.1. The number of carbonyl (C=O) groups excluding carboxylic acids is 2. The number of anilines is 2. The van der Waals surface area contributed by atoms with Crippen LogP contribution in [0.2, 0.25) is 0 Å². The number of hydrogen-bond acceptors (Lipinski definition) is 4. The summed E-state index contributed by atoms with van der Waals surface area (Å²) in [5.41, 5.74) is 2.93. The third-order valence-corrected chi connectivity index (χ3v) is 5.50. The van der Waals surface area contributed by atoms with Gasteiger partial charge in [0.1, 0.15) is 5.92 Å². The van der Waals surface area contributed by atoms with E-state index in [9.17, 15) is 9.59 Å². The van der Waals surface area contributed by atoms with Crippen LogP contribution >= 0.6 is 15.9 Å². The number of carbonyl (C=O) groups is 2. The van der Waals surface area contributed by atoms with E-state index in [-0.39, 0.29) is 11.8 Å². The van der Waals surface area contributed by atoms with E-state index in [1.165, 1.54) is 10.0 Å². The Balaban J connectivity index is 1.69. The van der Waals surface area contributed by atoms with E-state index in [1.807, 2.05) is 60.7 Å². The molecule has 0 radical (unpaired) electrons. The molecule has 0 bridgehead atoms. The molecule has 2 aliphatic heterocycles. The number of hydrogen-bond donors (Lipinski definition) is 0. The first-order chi connectivity index (χ1) is 13.5. The van der Waals surface area contributed by atoms with Gasteiger partial charge in [-0.15, -0.1) is 0 Å². The van der Waals surface area contributed by atoms with Crippen LogP contribution in [0.3, 0.4) is 0 Å². The third-order valence-electron chi connectivity index (χ3n) is 4.64. The fourth-order valence-corrected chi connectivity index (χ4v) is 4.26. The highest BCUT2D eigenvalue weighted by molar-refractivity contribution is 9.11. The van der Waals surface area contributed by atoms with Crippen LogP contribution in [-0.4, -0.2) is 23.2 Å². The van der Waals surface area contributed by atoms with E-state index in [1.54, 1.807) is 13.8 Å². The number of nitrogens with zero attached hydrogens (tertiary/aromatic N) is 4. The van der Waals surface area contributed by atoms with E-state index >= 15 is 0 Å². The summed E-state index contributed by atoms with van der Waals surface area (Å²) in [5, 5.41) is 11.5. The lowest BCUT2D eigenvalue weighted by Crippen LogP contribution is -2.29. The van der Waals surface area contributed by atoms with Crippen molar-refractivity contribution in [3.63, 3.8) is 0 Å². The molecule has 2 aliphatic rings. The number of rotatable bonds is 3. The molecule has 2 aromatic rings. The molecule has 0 aliphatic carbocycles. The van der Waals surface area contributed by atoms with E-state index in [0.717, 1.165) is 0 Å². The molecule has 0 saturated carbocycles. The Morgan fingerprint density at radius 3 is 1.96 bits per heavy atom. The normalized spacial score (nSPS) is 21.2. The molecule has 0 saturated heterocycles. The summed E-state index contributed by atoms with van der Waals surface area (Å²) in [6.07, 6.45) is 0. The Morgan fingerprint density at radius 1 is 0.857 bits per heavy atom. The Bertz CT molecular complexity index is 1040. The van der Waals surface area contributed by atoms with Crippen LogP contribution in [-0.2, 0) is 9.59 Å². The van der Waals surface area contributed by atoms with Crippen molar-refractivity contribution in [3.8, 4) is 0 Å². The van der Waals surface area contributed by atoms with E-state index in [2.05, 4.69) is 26.1 Å². The van der Waals surface area contributed by atoms with Gasteiger partial charge in [-0.25, -0.2) is 0 Å². The molecular weight excluding hydrogens is 420 g/mol. The van der Waals surface area contributed by atoms with Crippen molar-refractivity contribution in [2.24, 2.45) is 16.1 Å². The minimum absolute atomic E-state index is 0.207. The maximum absolute atomic E-state index is 13.1. The fourth-order valence-electron chi connectivity index (χ4n) is 3.28. The molecule has 0 fully saturated rings. The van der Waals surface area contributed by atoms with Crippen molar-refractivity contribution in [1.29, 1.82) is 0 Å². The summed E-state index contributed by atoms with van der Waals surface area (Å²) in [6, 6.07) is 18.4. The summed E-state index contributed by atoms with van der Waals surface area (Å²) in [5.74, 6) is -1.13. The van der Waals surface area contributed by atoms with Gasteiger partial charge in [0.2, 0.25) is 0 Å². The first-order valence-corrected chi connectivity index (χ1v) is 9.57. The van der Waals surface area contributed by atoms with Crippen molar-refractivity contribution in [1.82, 2.24) is 0 Å². The van der Waals surface area contributed by atoms with Crippen molar-refractivity contribution >= 4 is 50.5 Å². The lowest BCUT2D eigenvalue weighted by molar-refractivity contribution is -0.118. The Hall–Kier alpha value is -3.06. The third kappa shape index (κ3) is 2.97. The van der Waals surface area contributed by atoms with Gasteiger partial charge in [0.15, 0.2) is 0 Å². The van der Waals surface area contributed by atoms with E-state index in [0.29, 0.717) is 32.9 Å². The van der Waals surface area contributed by atoms with Gasteiger partial charge in [-0.1, -0.05) is 52.3 Å². The minimum atomic E-state index is -0.653. The number of para-hydroxylation sites is 2. The average molecular weight is 437 g/mol. The van der Waals surface area contributed by atoms with Crippen LogP contribution in [0.25, 0.3) is 0 Å². The second-order valence-electron chi connectivity index (χ2n) is 6.52. The van der Waals surface area contributed by atoms with Gasteiger partial charge >= 0.3 is 0 Å². The molecule has 1 unspecified atom stereocenters. The van der Waals surface area contributed by atoms with E-state index < -0.39 is 5.92 Å². The quantitative estimate of drug-likeness (QED) is 0.679. The van der Waals surface area contributed by atoms with Crippen molar-refractivity contribution in [3.05, 3.63) is 70.7 Å². The Morgan fingerprint density at radius 2 is 1.39 bits per heavy atom. The SMILES string of the molecule is CC1=NN(c2ccccc2)C(=O)/C1=C(\Br)C1C(=O)N(c2ccccc2)N=C1C. The van der Waals surface area contributed by atoms with Crippen LogP contribution in [0.5, 0.6) is 0 Å². The van der Waals surface area contributed by atoms with Crippen molar-refractivity contribution < 1.29 is 9.59 Å². The number of amides is 2. The molecular formula is C21H17BrN4O2. The minimum Gasteiger partial charge on any atom is -0.271 e. The van der Waals surface area contributed by atoms with Gasteiger partial charge < -0.3 is 0 Å². The highest BCUT2D eigenvalue weighted by atomic mass is 79.9. The van der Waals surface area contributed by atoms with Crippen molar-refractivity contribution in [2.75, 3.05) is 10.0 Å². The summed E-state index contributed by atoms with van der Waals surface area (Å²) in [7, 11) is 0. The molecule has 7 heteroatoms. The molecule has 2 amide bonds. The largest absolute Gasteiger partial charge is 0.281 e. The van der Waals surface area contributed by atoms with Crippen LogP contribution in [0.1, 0.15) is 13.8 Å². The average Bonchev–Trinajstić information content (AvgIpc) is 3.17. The molecule has 0 aromatic heterocycles. The maximum atomic E-state index is 13.1. The zero-order valence-electron chi connectivity index (χ0n) is 15.3. The van der Waals surface area contributed by atoms with Gasteiger partial charge in [-0.3, -0.25) is 9.59 Å². The smallest absolute Gasteiger partial charge is 0.271 e. The predicted molar refractivity (Wildman–Crippen MR) is 114 cm³/mol. The Labute approximate surface area is 171 Å². The molecule has 28 heavy (non-hydrogen) atoms. The maximum Gasteiger partial charge on any atom is 0.281 e. The Kier molecular flexibility index (Phi) is 4.68. The second-order valence-corrected chi connectivity index (χ2v) is 7.38. The molecule has 2 aromatic carbocycles. The molecule has 2 heterocycles. The second kappa shape index (κ2) is 7.16. The highest BCUT2D eigenvalue weighted by Crippen LogP contribution is 2.35. The number of hydrazone groups is 2. The van der Waals surface area contributed by atoms with Gasteiger partial charge in [0.25, 0.3) is 11.8 Å². The van der Waals surface area contributed by atoms with Crippen LogP contribution < -0.4 is 10.0 Å². The van der Waals surface area contributed by atoms with Gasteiger partial charge in [-0.2, -0.15) is 20.2 Å². The van der Waals surface area contributed by atoms with Crippen LogP contribution in [0, 0.1) is 5.92 Å². The molecule has 4 rings (SSSR count). The van der Waals surface area contributed by atoms with Gasteiger partial charge in [-0.05, 0) is 38.1 Å². The molecule has 0 spiro atoms. The lowest BCUT2D eigenvalue weighted by Gasteiger charge is -2.16. The monoisotopic (exact) mass is 436 g/mol. The zero-order chi connectivity index (χ0) is 19.8. The number of halogens is 1. The van der Waals surface area contributed by atoms with Gasteiger partial charge in [0.05, 0.1) is 28.4 Å². The first-order valence-electron chi connectivity index (χ1n) is 8.78. The number of benzene rings is 2. The molecule has 140 valence electrons. The fraction of sp³-hybridized carbons (Fsp3) is 0.143. The van der Waals surface area contributed by atoms with Crippen molar-refractivity contribution in [2.45, 2.75) is 13.8 Å². The standard InChI is InChI=1S/C21H17BrN4O2/c1-13-17(20(27)25(23-13)15-9-5-3-6-10-15)19(22)18-14(2)24-26(21(18)28)16-11-7-4-8-12-16/h3-12,17H,1-2H3/b19-18-. The van der Waals surface area contributed by atoms with E-state index in [4.69, 9.17) is 0 Å². The lowest BCUT2D eigenvalue weighted by atomic mass is 9.98. The molecule has 1 atom stereocenters. The molecule has 6 nitrogen and oxygen atoms in total. The highest BCUT2D eigenvalue weighted by Gasteiger charge is 2.41. The van der Waals surface area contributed by atoms with Crippen LogP contribution in [0.4, 0.5) is 11.4 Å². The van der Waals surface area contributed by atoms with Gasteiger partial charge in [0, 0.05) is 4.48 Å². The van der Waals surface area contributed by atoms with Crippen LogP contribution in [0.15, 0.2) is 80.9 Å². The summed E-state index contributed by atoms with van der Waals surface area (Å²) in [6.45, 7) is 3.55. The topological polar surface area (TPSA) is 65.3 Å². The first kappa shape index (κ1) is 18.3. The molecule has 0 N–H and O–H groups in total. The summed E-state index contributed by atoms with van der Waals surface area (Å²) >= 11 is 3.52. The summed E-state index contributed by atoms with van der Waals surface area (Å²) < 4.78 is 0.488. The zero-order valence-corrected chi connectivity index (χ0v) is 16.9.